The lowest BCUT2D eigenvalue weighted by Crippen LogP contribution is -1.94. The van der Waals surface area contributed by atoms with E-state index in [0.717, 1.165) is 11.3 Å². The third kappa shape index (κ3) is 2.81. The molecule has 0 aliphatic heterocycles. The fourth-order valence-electron chi connectivity index (χ4n) is 2.51. The predicted octanol–water partition coefficient (Wildman–Crippen LogP) is 5.63. The zero-order chi connectivity index (χ0) is 14.7. The zero-order valence-corrected chi connectivity index (χ0v) is 13.9. The van der Waals surface area contributed by atoms with Crippen LogP contribution in [0.4, 0.5) is 0 Å². The van der Waals surface area contributed by atoms with E-state index in [9.17, 15) is 0 Å². The molecule has 0 saturated carbocycles. The highest BCUT2D eigenvalue weighted by atomic mass is 127. The molecule has 0 heterocycles. The summed E-state index contributed by atoms with van der Waals surface area (Å²) in [6, 6.07) is 25.0. The lowest BCUT2D eigenvalue weighted by Gasteiger charge is -2.16. The highest BCUT2D eigenvalue weighted by Gasteiger charge is 2.15. The van der Waals surface area contributed by atoms with E-state index >= 15 is 0 Å². The van der Waals surface area contributed by atoms with Crippen molar-refractivity contribution < 1.29 is 4.74 Å². The van der Waals surface area contributed by atoms with Gasteiger partial charge in [0.1, 0.15) is 5.75 Å². The van der Waals surface area contributed by atoms with Gasteiger partial charge in [0.15, 0.2) is 0 Å². The van der Waals surface area contributed by atoms with Gasteiger partial charge in [-0.2, -0.15) is 0 Å². The van der Waals surface area contributed by atoms with Gasteiger partial charge in [0.25, 0.3) is 0 Å². The first-order chi connectivity index (χ1) is 10.3. The van der Waals surface area contributed by atoms with Gasteiger partial charge in [0.05, 0.1) is 7.11 Å². The number of hydrogen-bond donors (Lipinski definition) is 0. The molecule has 0 radical (unpaired) electrons. The molecule has 0 saturated heterocycles. The molecule has 0 spiro atoms. The van der Waals surface area contributed by atoms with Crippen LogP contribution in [0.25, 0.3) is 22.3 Å². The topological polar surface area (TPSA) is 9.23 Å². The Hall–Kier alpha value is -1.81. The minimum absolute atomic E-state index is 0.903. The lowest BCUT2D eigenvalue weighted by molar-refractivity contribution is 0.416. The van der Waals surface area contributed by atoms with E-state index in [2.05, 4.69) is 77.2 Å². The second kappa shape index (κ2) is 6.31. The molecule has 0 aliphatic rings. The fraction of sp³-hybridized carbons (Fsp3) is 0.0526. The van der Waals surface area contributed by atoms with E-state index in [1.165, 1.54) is 20.3 Å². The summed E-state index contributed by atoms with van der Waals surface area (Å²) in [5, 5.41) is 0. The molecule has 3 rings (SSSR count). The molecule has 2 heteroatoms. The van der Waals surface area contributed by atoms with Gasteiger partial charge < -0.3 is 4.74 Å². The number of hydrogen-bond acceptors (Lipinski definition) is 1. The van der Waals surface area contributed by atoms with E-state index in [4.69, 9.17) is 4.74 Å². The highest BCUT2D eigenvalue weighted by Crippen LogP contribution is 2.41. The maximum absolute atomic E-state index is 5.61. The number of halogens is 1. The van der Waals surface area contributed by atoms with Gasteiger partial charge in [0, 0.05) is 14.7 Å². The quantitative estimate of drug-likeness (QED) is 0.530. The molecule has 0 unspecified atom stereocenters. The Kier molecular flexibility index (Phi) is 4.25. The number of rotatable bonds is 3. The Labute approximate surface area is 138 Å². The van der Waals surface area contributed by atoms with Crippen LogP contribution in [0.2, 0.25) is 0 Å². The smallest absolute Gasteiger partial charge is 0.127 e. The van der Waals surface area contributed by atoms with Crippen molar-refractivity contribution in [2.75, 3.05) is 7.11 Å². The third-order valence-electron chi connectivity index (χ3n) is 3.46. The summed E-state index contributed by atoms with van der Waals surface area (Å²) < 4.78 is 6.83. The molecule has 3 aromatic carbocycles. The van der Waals surface area contributed by atoms with Gasteiger partial charge >= 0.3 is 0 Å². The molecule has 0 N–H and O–H groups in total. The SMILES string of the molecule is COc1ccc(I)c(-c2ccccc2)c1-c1ccccc1. The molecule has 0 aromatic heterocycles. The number of benzene rings is 3. The molecule has 0 amide bonds. The normalized spacial score (nSPS) is 10.4. The van der Waals surface area contributed by atoms with Gasteiger partial charge in [-0.15, -0.1) is 0 Å². The van der Waals surface area contributed by atoms with Crippen LogP contribution in [-0.4, -0.2) is 7.11 Å². The minimum atomic E-state index is 0.903. The molecular weight excluding hydrogens is 371 g/mol. The summed E-state index contributed by atoms with van der Waals surface area (Å²) in [4.78, 5) is 0. The van der Waals surface area contributed by atoms with Gasteiger partial charge in [-0.25, -0.2) is 0 Å². The van der Waals surface area contributed by atoms with Crippen LogP contribution in [0.3, 0.4) is 0 Å². The van der Waals surface area contributed by atoms with Crippen molar-refractivity contribution in [3.05, 3.63) is 76.4 Å². The standard InChI is InChI=1S/C19H15IO/c1-21-17-13-12-16(20)18(14-8-4-2-5-9-14)19(17)15-10-6-3-7-11-15/h2-13H,1H3. The van der Waals surface area contributed by atoms with E-state index in [1.54, 1.807) is 7.11 Å². The average Bonchev–Trinajstić information content (AvgIpc) is 2.56. The van der Waals surface area contributed by atoms with Crippen molar-refractivity contribution in [3.8, 4) is 28.0 Å². The zero-order valence-electron chi connectivity index (χ0n) is 11.7. The molecule has 0 atom stereocenters. The maximum Gasteiger partial charge on any atom is 0.127 e. The Morgan fingerprint density at radius 1 is 0.667 bits per heavy atom. The maximum atomic E-state index is 5.61. The Bertz CT molecular complexity index is 736. The van der Waals surface area contributed by atoms with Crippen LogP contribution >= 0.6 is 22.6 Å². The van der Waals surface area contributed by atoms with Crippen molar-refractivity contribution in [2.24, 2.45) is 0 Å². The van der Waals surface area contributed by atoms with Crippen LogP contribution in [-0.2, 0) is 0 Å². The van der Waals surface area contributed by atoms with Crippen molar-refractivity contribution in [1.82, 2.24) is 0 Å². The summed E-state index contributed by atoms with van der Waals surface area (Å²) in [5.74, 6) is 0.903. The van der Waals surface area contributed by atoms with Crippen LogP contribution in [0, 0.1) is 3.57 Å². The minimum Gasteiger partial charge on any atom is -0.496 e. The molecule has 0 fully saturated rings. The fourth-order valence-corrected chi connectivity index (χ4v) is 3.27. The van der Waals surface area contributed by atoms with Crippen LogP contribution in [0.1, 0.15) is 0 Å². The van der Waals surface area contributed by atoms with Gasteiger partial charge in [-0.1, -0.05) is 60.7 Å². The van der Waals surface area contributed by atoms with Crippen LogP contribution < -0.4 is 4.74 Å². The summed E-state index contributed by atoms with van der Waals surface area (Å²) in [6.45, 7) is 0. The monoisotopic (exact) mass is 386 g/mol. The number of methoxy groups -OCH3 is 1. The van der Waals surface area contributed by atoms with E-state index in [0.29, 0.717) is 0 Å². The van der Waals surface area contributed by atoms with E-state index < -0.39 is 0 Å². The molecule has 21 heavy (non-hydrogen) atoms. The molecular formula is C19H15IO. The van der Waals surface area contributed by atoms with Gasteiger partial charge in [-0.05, 0) is 45.9 Å². The van der Waals surface area contributed by atoms with Crippen molar-refractivity contribution in [3.63, 3.8) is 0 Å². The summed E-state index contributed by atoms with van der Waals surface area (Å²) in [5.41, 5.74) is 4.75. The second-order valence-electron chi connectivity index (χ2n) is 4.73. The first-order valence-corrected chi connectivity index (χ1v) is 7.86. The molecule has 0 bridgehead atoms. The summed E-state index contributed by atoms with van der Waals surface area (Å²) in [6.07, 6.45) is 0. The molecule has 1 nitrogen and oxygen atoms in total. The lowest BCUT2D eigenvalue weighted by atomic mass is 9.94. The van der Waals surface area contributed by atoms with E-state index in [-0.39, 0.29) is 0 Å². The van der Waals surface area contributed by atoms with Crippen molar-refractivity contribution >= 4 is 22.6 Å². The Morgan fingerprint density at radius 2 is 1.19 bits per heavy atom. The molecule has 3 aromatic rings. The first kappa shape index (κ1) is 14.1. The second-order valence-corrected chi connectivity index (χ2v) is 5.89. The van der Waals surface area contributed by atoms with Crippen molar-refractivity contribution in [1.29, 1.82) is 0 Å². The van der Waals surface area contributed by atoms with Crippen molar-refractivity contribution in [2.45, 2.75) is 0 Å². The molecule has 104 valence electrons. The number of ether oxygens (including phenoxy) is 1. The first-order valence-electron chi connectivity index (χ1n) is 6.78. The summed E-state index contributed by atoms with van der Waals surface area (Å²) in [7, 11) is 1.73. The Balaban J connectivity index is 2.33. The van der Waals surface area contributed by atoms with Gasteiger partial charge in [0.2, 0.25) is 0 Å². The van der Waals surface area contributed by atoms with Crippen LogP contribution in [0.15, 0.2) is 72.8 Å². The van der Waals surface area contributed by atoms with Gasteiger partial charge in [-0.3, -0.25) is 0 Å². The average molecular weight is 386 g/mol. The van der Waals surface area contributed by atoms with E-state index in [1.807, 2.05) is 18.2 Å². The largest absolute Gasteiger partial charge is 0.496 e. The summed E-state index contributed by atoms with van der Waals surface area (Å²) >= 11 is 2.39. The highest BCUT2D eigenvalue weighted by molar-refractivity contribution is 14.1. The third-order valence-corrected chi connectivity index (χ3v) is 4.36. The Morgan fingerprint density at radius 3 is 1.71 bits per heavy atom. The molecule has 0 aliphatic carbocycles. The van der Waals surface area contributed by atoms with Crippen LogP contribution in [0.5, 0.6) is 5.75 Å². The predicted molar refractivity (Wildman–Crippen MR) is 96.6 cm³/mol.